The Balaban J connectivity index is 1.48. The number of carbonyl (C=O) groups excluding carboxylic acids is 1. The van der Waals surface area contributed by atoms with Gasteiger partial charge in [-0.25, -0.2) is 23.7 Å². The molecule has 2 aromatic heterocycles. The first-order valence-electron chi connectivity index (χ1n) is 10.4. The Kier molecular flexibility index (Phi) is 6.10. The molecular formula is C21H22F5N5O2. The van der Waals surface area contributed by atoms with E-state index in [0.717, 1.165) is 24.5 Å². The second-order valence-corrected chi connectivity index (χ2v) is 8.33. The van der Waals surface area contributed by atoms with Crippen LogP contribution in [0.15, 0.2) is 18.5 Å². The van der Waals surface area contributed by atoms with E-state index in [1.165, 1.54) is 7.11 Å². The highest BCUT2D eigenvalue weighted by molar-refractivity contribution is 5.91. The topological polar surface area (TPSA) is 80.2 Å². The van der Waals surface area contributed by atoms with E-state index in [1.54, 1.807) is 6.07 Å². The van der Waals surface area contributed by atoms with Crippen LogP contribution in [0.4, 0.5) is 33.5 Å². The van der Waals surface area contributed by atoms with Crippen molar-refractivity contribution in [3.05, 3.63) is 35.5 Å². The molecule has 7 nitrogen and oxygen atoms in total. The van der Waals surface area contributed by atoms with Crippen molar-refractivity contribution in [1.82, 2.24) is 15.0 Å². The van der Waals surface area contributed by atoms with Gasteiger partial charge in [-0.05, 0) is 18.8 Å². The van der Waals surface area contributed by atoms with E-state index >= 15 is 0 Å². The van der Waals surface area contributed by atoms with Gasteiger partial charge in [0.2, 0.25) is 17.7 Å². The molecule has 1 N–H and O–H groups in total. The molecule has 1 saturated carbocycles. The molecule has 1 aliphatic carbocycles. The van der Waals surface area contributed by atoms with Crippen LogP contribution >= 0.6 is 0 Å². The molecule has 0 atom stereocenters. The van der Waals surface area contributed by atoms with E-state index in [1.807, 2.05) is 4.90 Å². The van der Waals surface area contributed by atoms with Crippen LogP contribution in [0.25, 0.3) is 0 Å². The van der Waals surface area contributed by atoms with Crippen molar-refractivity contribution in [3.63, 3.8) is 0 Å². The van der Waals surface area contributed by atoms with Crippen molar-refractivity contribution in [2.24, 2.45) is 5.92 Å². The summed E-state index contributed by atoms with van der Waals surface area (Å²) in [6.07, 6.45) is -1.53. The molecule has 0 spiro atoms. The molecule has 2 aliphatic rings. The van der Waals surface area contributed by atoms with Crippen LogP contribution < -0.4 is 15.0 Å². The third-order valence-corrected chi connectivity index (χ3v) is 5.68. The molecule has 3 heterocycles. The standard InChI is InChI=1S/C21H22F5N5O2/c1-33-16-6-15-14(29-18(16)30-17(32)5-12-7-20(22,23)8-12)3-2-4-31(15)11-13-9-27-19(28-10-13)21(24,25)26/h6,9-10,12H,2-5,7-8,11H2,1H3,(H,29,30,32). The number of nitrogens with zero attached hydrogens (tertiary/aromatic N) is 4. The number of carbonyl (C=O) groups is 1. The first-order valence-corrected chi connectivity index (χ1v) is 10.4. The maximum absolute atomic E-state index is 13.0. The Morgan fingerprint density at radius 2 is 1.97 bits per heavy atom. The second kappa shape index (κ2) is 8.71. The number of hydrogen-bond donors (Lipinski definition) is 1. The lowest BCUT2D eigenvalue weighted by Gasteiger charge is -2.34. The maximum atomic E-state index is 13.0. The van der Waals surface area contributed by atoms with E-state index in [0.29, 0.717) is 30.0 Å². The molecular weight excluding hydrogens is 449 g/mol. The van der Waals surface area contributed by atoms with Crippen LogP contribution in [0.1, 0.15) is 42.8 Å². The zero-order valence-corrected chi connectivity index (χ0v) is 17.8. The number of nitrogens with one attached hydrogen (secondary N) is 1. The van der Waals surface area contributed by atoms with Crippen molar-refractivity contribution < 1.29 is 31.5 Å². The number of pyridine rings is 1. The molecule has 4 rings (SSSR count). The van der Waals surface area contributed by atoms with Crippen molar-refractivity contribution in [2.75, 3.05) is 23.9 Å². The minimum absolute atomic E-state index is 0.0163. The molecule has 2 aromatic rings. The van der Waals surface area contributed by atoms with Crippen LogP contribution in [0.5, 0.6) is 5.75 Å². The number of ether oxygens (including phenoxy) is 1. The van der Waals surface area contributed by atoms with Gasteiger partial charge in [-0.1, -0.05) is 0 Å². The molecule has 0 unspecified atom stereocenters. The molecule has 178 valence electrons. The minimum Gasteiger partial charge on any atom is -0.493 e. The summed E-state index contributed by atoms with van der Waals surface area (Å²) in [5.41, 5.74) is 1.93. The van der Waals surface area contributed by atoms with Crippen LogP contribution in [-0.4, -0.2) is 40.4 Å². The van der Waals surface area contributed by atoms with Gasteiger partial charge in [-0.3, -0.25) is 4.79 Å². The Morgan fingerprint density at radius 3 is 2.58 bits per heavy atom. The summed E-state index contributed by atoms with van der Waals surface area (Å²) in [4.78, 5) is 25.6. The summed E-state index contributed by atoms with van der Waals surface area (Å²) in [5, 5.41) is 2.66. The first-order chi connectivity index (χ1) is 15.5. The molecule has 0 saturated heterocycles. The van der Waals surface area contributed by atoms with E-state index in [4.69, 9.17) is 4.74 Å². The van der Waals surface area contributed by atoms with Crippen LogP contribution in [0.3, 0.4) is 0 Å². The van der Waals surface area contributed by atoms with E-state index in [2.05, 4.69) is 20.3 Å². The van der Waals surface area contributed by atoms with Crippen LogP contribution in [0.2, 0.25) is 0 Å². The van der Waals surface area contributed by atoms with Gasteiger partial charge in [0.1, 0.15) is 0 Å². The predicted molar refractivity (Wildman–Crippen MR) is 108 cm³/mol. The third kappa shape index (κ3) is 5.31. The fourth-order valence-corrected chi connectivity index (χ4v) is 4.13. The zero-order chi connectivity index (χ0) is 23.8. The molecule has 33 heavy (non-hydrogen) atoms. The van der Waals surface area contributed by atoms with Gasteiger partial charge in [-0.15, -0.1) is 0 Å². The van der Waals surface area contributed by atoms with E-state index in [-0.39, 0.29) is 37.5 Å². The smallest absolute Gasteiger partial charge is 0.451 e. The minimum atomic E-state index is -4.60. The lowest BCUT2D eigenvalue weighted by Crippen LogP contribution is -2.37. The zero-order valence-electron chi connectivity index (χ0n) is 17.8. The Hall–Kier alpha value is -3.05. The monoisotopic (exact) mass is 471 g/mol. The number of fused-ring (bicyclic) bond motifs is 1. The van der Waals surface area contributed by atoms with Gasteiger partial charge in [0.15, 0.2) is 11.6 Å². The average Bonchev–Trinajstić information content (AvgIpc) is 2.72. The number of rotatable bonds is 6. The van der Waals surface area contributed by atoms with E-state index < -0.39 is 23.8 Å². The van der Waals surface area contributed by atoms with Crippen LogP contribution in [0, 0.1) is 5.92 Å². The van der Waals surface area contributed by atoms with Crippen molar-refractivity contribution in [3.8, 4) is 5.75 Å². The van der Waals surface area contributed by atoms with Crippen molar-refractivity contribution in [2.45, 2.75) is 50.7 Å². The lowest BCUT2D eigenvalue weighted by molar-refractivity contribution is -0.145. The average molecular weight is 471 g/mol. The van der Waals surface area contributed by atoms with Gasteiger partial charge < -0.3 is 15.0 Å². The van der Waals surface area contributed by atoms with Gasteiger partial charge in [0.05, 0.1) is 18.5 Å². The van der Waals surface area contributed by atoms with Gasteiger partial charge in [0, 0.05) is 56.4 Å². The molecule has 1 amide bonds. The number of aromatic nitrogens is 3. The number of halogens is 5. The molecule has 0 radical (unpaired) electrons. The highest BCUT2D eigenvalue weighted by Crippen LogP contribution is 2.44. The number of alkyl halides is 5. The fraction of sp³-hybridized carbons (Fsp3) is 0.524. The SMILES string of the molecule is COc1cc2c(nc1NC(=O)CC1CC(F)(F)C1)CCCN2Cc1cnc(C(F)(F)F)nc1. The molecule has 1 aliphatic heterocycles. The largest absolute Gasteiger partial charge is 0.493 e. The molecule has 0 bridgehead atoms. The van der Waals surface area contributed by atoms with Gasteiger partial charge in [-0.2, -0.15) is 13.2 Å². The van der Waals surface area contributed by atoms with Gasteiger partial charge in [0.25, 0.3) is 0 Å². The highest BCUT2D eigenvalue weighted by atomic mass is 19.4. The second-order valence-electron chi connectivity index (χ2n) is 8.33. The van der Waals surface area contributed by atoms with Crippen LogP contribution in [-0.2, 0) is 23.9 Å². The van der Waals surface area contributed by atoms with Gasteiger partial charge >= 0.3 is 6.18 Å². The predicted octanol–water partition coefficient (Wildman–Crippen LogP) is 4.23. The number of anilines is 2. The Morgan fingerprint density at radius 1 is 1.27 bits per heavy atom. The normalized spacial score (nSPS) is 17.8. The first kappa shape index (κ1) is 23.1. The maximum Gasteiger partial charge on any atom is 0.451 e. The summed E-state index contributed by atoms with van der Waals surface area (Å²) < 4.78 is 69.5. The lowest BCUT2D eigenvalue weighted by atomic mass is 9.79. The Bertz CT molecular complexity index is 1020. The summed E-state index contributed by atoms with van der Waals surface area (Å²) >= 11 is 0. The van der Waals surface area contributed by atoms with Crippen molar-refractivity contribution in [1.29, 1.82) is 0 Å². The quantitative estimate of drug-likeness (QED) is 0.636. The number of amides is 1. The number of methoxy groups -OCH3 is 1. The highest BCUT2D eigenvalue weighted by Gasteiger charge is 2.45. The van der Waals surface area contributed by atoms with E-state index in [9.17, 15) is 26.7 Å². The van der Waals surface area contributed by atoms with Crippen molar-refractivity contribution >= 4 is 17.4 Å². The number of hydrogen-bond acceptors (Lipinski definition) is 6. The summed E-state index contributed by atoms with van der Waals surface area (Å²) in [7, 11) is 1.42. The molecule has 0 aromatic carbocycles. The molecule has 1 fully saturated rings. The third-order valence-electron chi connectivity index (χ3n) is 5.68. The fourth-order valence-electron chi connectivity index (χ4n) is 4.13. The molecule has 12 heteroatoms. The summed E-state index contributed by atoms with van der Waals surface area (Å²) in [5.74, 6) is -4.13. The summed E-state index contributed by atoms with van der Waals surface area (Å²) in [6.45, 7) is 0.915. The summed E-state index contributed by atoms with van der Waals surface area (Å²) in [6, 6.07) is 1.71. The Labute approximate surface area is 186 Å². The number of aryl methyl sites for hydroxylation is 1.